The molecule has 102 valence electrons. The van der Waals surface area contributed by atoms with Crippen molar-refractivity contribution in [2.45, 2.75) is 57.4 Å². The quantitative estimate of drug-likeness (QED) is 0.784. The van der Waals surface area contributed by atoms with Crippen molar-refractivity contribution in [3.05, 3.63) is 0 Å². The number of hydrogen-bond acceptors (Lipinski definition) is 2. The van der Waals surface area contributed by atoms with E-state index in [2.05, 4.69) is 10.6 Å². The van der Waals surface area contributed by atoms with Gasteiger partial charge in [-0.15, -0.1) is 0 Å². The second-order valence-corrected chi connectivity index (χ2v) is 6.45. The van der Waals surface area contributed by atoms with Gasteiger partial charge < -0.3 is 10.6 Å². The molecule has 3 heteroatoms. The molecule has 18 heavy (non-hydrogen) atoms. The van der Waals surface area contributed by atoms with E-state index in [-0.39, 0.29) is 0 Å². The van der Waals surface area contributed by atoms with E-state index in [9.17, 15) is 4.79 Å². The van der Waals surface area contributed by atoms with Crippen molar-refractivity contribution in [1.29, 1.82) is 0 Å². The number of carbonyl (C=O) groups is 1. The molecule has 1 unspecified atom stereocenters. The van der Waals surface area contributed by atoms with E-state index >= 15 is 0 Å². The van der Waals surface area contributed by atoms with E-state index in [1.807, 2.05) is 0 Å². The van der Waals surface area contributed by atoms with Gasteiger partial charge in [-0.2, -0.15) is 0 Å². The van der Waals surface area contributed by atoms with Crippen LogP contribution in [0.5, 0.6) is 0 Å². The van der Waals surface area contributed by atoms with Crippen LogP contribution in [0.3, 0.4) is 0 Å². The van der Waals surface area contributed by atoms with Gasteiger partial charge in [0.05, 0.1) is 0 Å². The van der Waals surface area contributed by atoms with E-state index < -0.39 is 0 Å². The zero-order valence-electron chi connectivity index (χ0n) is 11.3. The van der Waals surface area contributed by atoms with Crippen LogP contribution in [0, 0.1) is 17.8 Å². The molecule has 3 aliphatic rings. The second-order valence-electron chi connectivity index (χ2n) is 6.45. The molecule has 3 fully saturated rings. The highest BCUT2D eigenvalue weighted by Gasteiger charge is 2.40. The molecule has 0 aromatic rings. The molecular weight excluding hydrogens is 224 g/mol. The van der Waals surface area contributed by atoms with Gasteiger partial charge in [0.1, 0.15) is 0 Å². The van der Waals surface area contributed by atoms with Gasteiger partial charge in [-0.3, -0.25) is 4.79 Å². The molecule has 1 aliphatic heterocycles. The van der Waals surface area contributed by atoms with Gasteiger partial charge in [0.15, 0.2) is 0 Å². The summed E-state index contributed by atoms with van der Waals surface area (Å²) >= 11 is 0. The molecule has 0 radical (unpaired) electrons. The van der Waals surface area contributed by atoms with E-state index in [1.54, 1.807) is 0 Å². The fourth-order valence-corrected chi connectivity index (χ4v) is 3.68. The Morgan fingerprint density at radius 3 is 2.17 bits per heavy atom. The Morgan fingerprint density at radius 2 is 1.72 bits per heavy atom. The standard InChI is InChI=1S/C15H26N2O/c18-15(17-10-13-8-3-9-16-13)14(11-4-1-5-11)12-6-2-7-12/h11-14,16H,1-10H2,(H,17,18). The number of nitrogens with one attached hydrogen (secondary N) is 2. The summed E-state index contributed by atoms with van der Waals surface area (Å²) in [6, 6.07) is 0.525. The molecule has 3 nitrogen and oxygen atoms in total. The topological polar surface area (TPSA) is 41.1 Å². The van der Waals surface area contributed by atoms with Gasteiger partial charge >= 0.3 is 0 Å². The van der Waals surface area contributed by atoms with Crippen LogP contribution >= 0.6 is 0 Å². The minimum Gasteiger partial charge on any atom is -0.354 e. The molecule has 0 spiro atoms. The fraction of sp³-hybridized carbons (Fsp3) is 0.933. The Bertz CT molecular complexity index is 277. The largest absolute Gasteiger partial charge is 0.354 e. The summed E-state index contributed by atoms with van der Waals surface area (Å²) in [5.41, 5.74) is 0. The minimum atomic E-state index is 0.342. The van der Waals surface area contributed by atoms with Gasteiger partial charge in [0.25, 0.3) is 0 Å². The van der Waals surface area contributed by atoms with Crippen LogP contribution in [0.25, 0.3) is 0 Å². The SMILES string of the molecule is O=C(NCC1CCCN1)C(C1CCC1)C1CCC1. The third kappa shape index (κ3) is 2.56. The molecule has 1 heterocycles. The molecule has 0 aromatic carbocycles. The maximum absolute atomic E-state index is 12.4. The van der Waals surface area contributed by atoms with Crippen LogP contribution in [0.15, 0.2) is 0 Å². The van der Waals surface area contributed by atoms with Crippen molar-refractivity contribution in [2.75, 3.05) is 13.1 Å². The number of hydrogen-bond donors (Lipinski definition) is 2. The summed E-state index contributed by atoms with van der Waals surface area (Å²) < 4.78 is 0. The first-order valence-electron chi connectivity index (χ1n) is 7.85. The molecule has 2 saturated carbocycles. The van der Waals surface area contributed by atoms with Crippen LogP contribution in [0.2, 0.25) is 0 Å². The van der Waals surface area contributed by atoms with Gasteiger partial charge in [0.2, 0.25) is 5.91 Å². The average molecular weight is 250 g/mol. The van der Waals surface area contributed by atoms with Crippen LogP contribution in [0.1, 0.15) is 51.4 Å². The van der Waals surface area contributed by atoms with Crippen molar-refractivity contribution in [2.24, 2.45) is 17.8 Å². The normalized spacial score (nSPS) is 29.1. The van der Waals surface area contributed by atoms with Crippen LogP contribution in [-0.2, 0) is 4.79 Å². The van der Waals surface area contributed by atoms with Crippen molar-refractivity contribution in [3.8, 4) is 0 Å². The van der Waals surface area contributed by atoms with Gasteiger partial charge in [0, 0.05) is 18.5 Å². The smallest absolute Gasteiger partial charge is 0.223 e. The predicted octanol–water partition coefficient (Wildman–Crippen LogP) is 2.07. The molecule has 1 atom stereocenters. The maximum atomic E-state index is 12.4. The van der Waals surface area contributed by atoms with Gasteiger partial charge in [-0.05, 0) is 56.9 Å². The summed E-state index contributed by atoms with van der Waals surface area (Å²) in [6.07, 6.45) is 10.3. The van der Waals surface area contributed by atoms with Crippen molar-refractivity contribution >= 4 is 5.91 Å². The first-order valence-corrected chi connectivity index (χ1v) is 7.85. The minimum absolute atomic E-state index is 0.342. The molecule has 0 bridgehead atoms. The van der Waals surface area contributed by atoms with Crippen LogP contribution < -0.4 is 10.6 Å². The van der Waals surface area contributed by atoms with Crippen molar-refractivity contribution in [1.82, 2.24) is 10.6 Å². The Morgan fingerprint density at radius 1 is 1.06 bits per heavy atom. The lowest BCUT2D eigenvalue weighted by Gasteiger charge is -2.41. The zero-order chi connectivity index (χ0) is 12.4. The molecular formula is C15H26N2O. The van der Waals surface area contributed by atoms with E-state index in [0.29, 0.717) is 29.7 Å². The van der Waals surface area contributed by atoms with E-state index in [4.69, 9.17) is 0 Å². The number of carbonyl (C=O) groups excluding carboxylic acids is 1. The summed E-state index contributed by atoms with van der Waals surface area (Å²) in [4.78, 5) is 12.4. The van der Waals surface area contributed by atoms with Crippen LogP contribution in [-0.4, -0.2) is 25.0 Å². The summed E-state index contributed by atoms with van der Waals surface area (Å²) in [7, 11) is 0. The van der Waals surface area contributed by atoms with E-state index in [0.717, 1.165) is 13.1 Å². The second kappa shape index (κ2) is 5.60. The average Bonchev–Trinajstić information content (AvgIpc) is 2.72. The molecule has 1 amide bonds. The lowest BCUT2D eigenvalue weighted by atomic mass is 9.64. The van der Waals surface area contributed by atoms with Crippen LogP contribution in [0.4, 0.5) is 0 Å². The third-order valence-electron chi connectivity index (χ3n) is 5.30. The maximum Gasteiger partial charge on any atom is 0.223 e. The Kier molecular flexibility index (Phi) is 3.88. The zero-order valence-corrected chi connectivity index (χ0v) is 11.3. The summed E-state index contributed by atoms with van der Waals surface area (Å²) in [6.45, 7) is 1.96. The summed E-state index contributed by atoms with van der Waals surface area (Å²) in [5, 5.41) is 6.67. The van der Waals surface area contributed by atoms with Crippen molar-refractivity contribution < 1.29 is 4.79 Å². The number of amides is 1. The Hall–Kier alpha value is -0.570. The van der Waals surface area contributed by atoms with Gasteiger partial charge in [-0.1, -0.05) is 12.8 Å². The highest BCUT2D eigenvalue weighted by Crippen LogP contribution is 2.44. The van der Waals surface area contributed by atoms with Crippen molar-refractivity contribution in [3.63, 3.8) is 0 Å². The first kappa shape index (κ1) is 12.5. The Balaban J connectivity index is 1.50. The lowest BCUT2D eigenvalue weighted by Crippen LogP contribution is -2.46. The first-order chi connectivity index (χ1) is 8.84. The molecule has 1 saturated heterocycles. The van der Waals surface area contributed by atoms with E-state index in [1.165, 1.54) is 51.4 Å². The third-order valence-corrected chi connectivity index (χ3v) is 5.30. The predicted molar refractivity (Wildman–Crippen MR) is 72.2 cm³/mol. The fourth-order valence-electron chi connectivity index (χ4n) is 3.68. The monoisotopic (exact) mass is 250 g/mol. The molecule has 0 aromatic heterocycles. The highest BCUT2D eigenvalue weighted by atomic mass is 16.1. The summed E-state index contributed by atoms with van der Waals surface area (Å²) in [5.74, 6) is 2.10. The Labute approximate surface area is 110 Å². The molecule has 2 N–H and O–H groups in total. The number of rotatable bonds is 5. The molecule has 2 aliphatic carbocycles. The molecule has 3 rings (SSSR count). The van der Waals surface area contributed by atoms with Gasteiger partial charge in [-0.25, -0.2) is 0 Å². The highest BCUT2D eigenvalue weighted by molar-refractivity contribution is 5.79. The lowest BCUT2D eigenvalue weighted by molar-refractivity contribution is -0.131.